The van der Waals surface area contributed by atoms with Gasteiger partial charge in [0.2, 0.25) is 17.8 Å². The monoisotopic (exact) mass is 539 g/mol. The van der Waals surface area contributed by atoms with Crippen LogP contribution < -0.4 is 80.8 Å². The number of anilines is 4. The Morgan fingerprint density at radius 2 is 1.40 bits per heavy atom. The molecule has 13 nitrogen and oxygen atoms in total. The molecule has 0 aliphatic rings. The third-order valence-corrected chi connectivity index (χ3v) is 5.84. The van der Waals surface area contributed by atoms with E-state index in [4.69, 9.17) is 5.73 Å². The van der Waals surface area contributed by atoms with Gasteiger partial charge in [0.25, 0.3) is 0 Å². The predicted octanol–water partition coefficient (Wildman–Crippen LogP) is -5.59. The van der Waals surface area contributed by atoms with Crippen molar-refractivity contribution < 1.29 is 85.1 Å². The second-order valence-electron chi connectivity index (χ2n) is 6.55. The number of nitrogens with one attached hydrogen (secondary N) is 3. The molecule has 0 saturated heterocycles. The van der Waals surface area contributed by atoms with Crippen molar-refractivity contribution in [1.29, 1.82) is 0 Å². The van der Waals surface area contributed by atoms with Crippen molar-refractivity contribution in [2.75, 3.05) is 29.0 Å². The van der Waals surface area contributed by atoms with E-state index in [9.17, 15) is 25.9 Å². The van der Waals surface area contributed by atoms with Crippen molar-refractivity contribution in [3.8, 4) is 0 Å². The fourth-order valence-electron chi connectivity index (χ4n) is 2.65. The van der Waals surface area contributed by atoms with E-state index >= 15 is 0 Å². The van der Waals surface area contributed by atoms with Gasteiger partial charge in [0, 0.05) is 19.6 Å². The summed E-state index contributed by atoms with van der Waals surface area (Å²) < 4.78 is 69.0. The zero-order chi connectivity index (χ0) is 24.1. The minimum atomic E-state index is -5.02. The molecule has 0 fully saturated rings. The van der Waals surface area contributed by atoms with Crippen molar-refractivity contribution in [2.24, 2.45) is 5.73 Å². The summed E-state index contributed by atoms with van der Waals surface area (Å²) in [5, 5.41) is 8.32. The standard InChI is InChI=1S/C18H21N7O6S2.2Na/c19-8-9-20-16-23-17(21-11-12-4-2-1-3-5-12)25-18(24-16)22-14-10-13(32(26,27)28)6-7-15(14)33(29,30)31;;/h1-7,10H,8-9,11,19H2,(H,26,27,28)(H,29,30,31)(H3,20,21,22,23,24,25);;/q;2*+1/p-2. The fourth-order valence-corrected chi connectivity index (χ4v) is 3.76. The van der Waals surface area contributed by atoms with E-state index in [0.717, 1.165) is 23.8 Å². The number of rotatable bonds is 10. The van der Waals surface area contributed by atoms with E-state index in [0.29, 0.717) is 13.1 Å². The van der Waals surface area contributed by atoms with Crippen molar-refractivity contribution in [3.05, 3.63) is 54.1 Å². The summed E-state index contributed by atoms with van der Waals surface area (Å²) in [6.07, 6.45) is 0. The van der Waals surface area contributed by atoms with Crippen molar-refractivity contribution >= 4 is 43.8 Å². The van der Waals surface area contributed by atoms with Crippen LogP contribution in [0.4, 0.5) is 23.5 Å². The van der Waals surface area contributed by atoms with E-state index in [1.165, 1.54) is 0 Å². The molecule has 176 valence electrons. The van der Waals surface area contributed by atoms with E-state index in [2.05, 4.69) is 30.9 Å². The molecule has 35 heavy (non-hydrogen) atoms. The smallest absolute Gasteiger partial charge is 0.744 e. The van der Waals surface area contributed by atoms with Crippen molar-refractivity contribution in [2.45, 2.75) is 16.3 Å². The van der Waals surface area contributed by atoms with Crippen molar-refractivity contribution in [1.82, 2.24) is 15.0 Å². The number of nitrogens with two attached hydrogens (primary N) is 1. The van der Waals surface area contributed by atoms with Gasteiger partial charge in [0.1, 0.15) is 20.2 Å². The topological polar surface area (TPSA) is 215 Å². The summed E-state index contributed by atoms with van der Waals surface area (Å²) in [6.45, 7) is 0.930. The number of benzene rings is 2. The average molecular weight is 540 g/mol. The molecule has 1 heterocycles. The van der Waals surface area contributed by atoms with Crippen LogP contribution in [0.1, 0.15) is 5.56 Å². The Kier molecular flexibility index (Phi) is 12.5. The van der Waals surface area contributed by atoms with Gasteiger partial charge in [-0.3, -0.25) is 0 Å². The summed E-state index contributed by atoms with van der Waals surface area (Å²) in [6, 6.07) is 11.5. The van der Waals surface area contributed by atoms with Crippen LogP contribution in [0.15, 0.2) is 58.3 Å². The Hall–Kier alpha value is -1.37. The summed E-state index contributed by atoms with van der Waals surface area (Å²) >= 11 is 0. The summed E-state index contributed by atoms with van der Waals surface area (Å²) in [4.78, 5) is 10.9. The molecule has 5 N–H and O–H groups in total. The Morgan fingerprint density at radius 1 is 0.800 bits per heavy atom. The molecule has 0 saturated carbocycles. The Labute approximate surface area is 246 Å². The first kappa shape index (κ1) is 31.7. The molecular formula is C18H19N7Na2O6S2. The second-order valence-corrected chi connectivity index (χ2v) is 9.28. The van der Waals surface area contributed by atoms with Crippen LogP contribution in [0.25, 0.3) is 0 Å². The van der Waals surface area contributed by atoms with Gasteiger partial charge in [-0.2, -0.15) is 15.0 Å². The van der Waals surface area contributed by atoms with Crippen molar-refractivity contribution in [3.63, 3.8) is 0 Å². The van der Waals surface area contributed by atoms with Gasteiger partial charge in [0.15, 0.2) is 0 Å². The number of hydrogen-bond acceptors (Lipinski definition) is 13. The minimum Gasteiger partial charge on any atom is -0.744 e. The largest absolute Gasteiger partial charge is 1.00 e. The third kappa shape index (κ3) is 9.55. The number of aromatic nitrogens is 3. The first-order chi connectivity index (χ1) is 15.6. The molecule has 0 unspecified atom stereocenters. The summed E-state index contributed by atoms with van der Waals surface area (Å²) in [7, 11) is -9.95. The Morgan fingerprint density at radius 3 is 1.97 bits per heavy atom. The van der Waals surface area contributed by atoms with Gasteiger partial charge in [-0.25, -0.2) is 16.8 Å². The number of hydrogen-bond donors (Lipinski definition) is 4. The third-order valence-electron chi connectivity index (χ3n) is 4.11. The molecule has 3 aromatic rings. The molecule has 2 aromatic carbocycles. The zero-order valence-corrected chi connectivity index (χ0v) is 24.6. The maximum Gasteiger partial charge on any atom is 1.00 e. The molecule has 0 aliphatic carbocycles. The molecule has 0 aliphatic heterocycles. The molecule has 17 heteroatoms. The van der Waals surface area contributed by atoms with Gasteiger partial charge in [-0.15, -0.1) is 0 Å². The van der Waals surface area contributed by atoms with Crippen LogP contribution in [0.2, 0.25) is 0 Å². The fraction of sp³-hybridized carbons (Fsp3) is 0.167. The van der Waals surface area contributed by atoms with Gasteiger partial charge in [0.05, 0.1) is 15.5 Å². The first-order valence-electron chi connectivity index (χ1n) is 9.37. The van der Waals surface area contributed by atoms with Gasteiger partial charge < -0.3 is 30.8 Å². The normalized spacial score (nSPS) is 11.1. The van der Waals surface area contributed by atoms with Crippen LogP contribution in [-0.4, -0.2) is 54.0 Å². The van der Waals surface area contributed by atoms with Crippen LogP contribution >= 0.6 is 0 Å². The van der Waals surface area contributed by atoms with Gasteiger partial charge >= 0.3 is 59.1 Å². The van der Waals surface area contributed by atoms with Crippen LogP contribution in [0, 0.1) is 0 Å². The molecule has 0 spiro atoms. The van der Waals surface area contributed by atoms with E-state index in [-0.39, 0.29) is 83.5 Å². The van der Waals surface area contributed by atoms with Gasteiger partial charge in [-0.05, 0) is 23.8 Å². The molecule has 3 rings (SSSR count). The average Bonchev–Trinajstić information content (AvgIpc) is 2.75. The summed E-state index contributed by atoms with van der Waals surface area (Å²) in [5.74, 6) is -0.0481. The van der Waals surface area contributed by atoms with E-state index in [1.807, 2.05) is 30.3 Å². The predicted molar refractivity (Wildman–Crippen MR) is 117 cm³/mol. The zero-order valence-electron chi connectivity index (χ0n) is 18.9. The van der Waals surface area contributed by atoms with E-state index in [1.54, 1.807) is 0 Å². The Bertz CT molecular complexity index is 1350. The SMILES string of the molecule is NCCNc1nc(NCc2ccccc2)nc(Nc2cc(S(=O)(=O)[O-])ccc2S(=O)(=O)[O-])n1.[Na+].[Na+]. The summed E-state index contributed by atoms with van der Waals surface area (Å²) in [5.41, 5.74) is 5.93. The van der Waals surface area contributed by atoms with Crippen LogP contribution in [0.3, 0.4) is 0 Å². The number of nitrogens with zero attached hydrogens (tertiary/aromatic N) is 3. The van der Waals surface area contributed by atoms with E-state index < -0.39 is 35.7 Å². The second kappa shape index (κ2) is 13.8. The quantitative estimate of drug-likeness (QED) is 0.140. The van der Waals surface area contributed by atoms with Crippen LogP contribution in [-0.2, 0) is 26.8 Å². The molecule has 0 atom stereocenters. The molecule has 0 bridgehead atoms. The first-order valence-corrected chi connectivity index (χ1v) is 12.2. The van der Waals surface area contributed by atoms with Crippen LogP contribution in [0.5, 0.6) is 0 Å². The minimum absolute atomic E-state index is 0. The Balaban J connectivity index is 0.00000306. The maximum atomic E-state index is 11.6. The molecule has 0 amide bonds. The van der Waals surface area contributed by atoms with Gasteiger partial charge in [-0.1, -0.05) is 30.3 Å². The molecule has 1 aromatic heterocycles. The molecule has 0 radical (unpaired) electrons. The maximum absolute atomic E-state index is 11.6. The molecular weight excluding hydrogens is 520 g/mol.